The van der Waals surface area contributed by atoms with Crippen LogP contribution in [-0.2, 0) is 17.7 Å². The van der Waals surface area contributed by atoms with E-state index in [2.05, 4.69) is 39.5 Å². The van der Waals surface area contributed by atoms with E-state index in [1.54, 1.807) is 6.26 Å². The van der Waals surface area contributed by atoms with E-state index < -0.39 is 0 Å². The van der Waals surface area contributed by atoms with Crippen molar-refractivity contribution in [2.24, 2.45) is 4.99 Å². The predicted octanol–water partition coefficient (Wildman–Crippen LogP) is 2.39. The maximum atomic E-state index is 5.40. The smallest absolute Gasteiger partial charge is 0.191 e. The molecule has 29 heavy (non-hydrogen) atoms. The van der Waals surface area contributed by atoms with Crippen molar-refractivity contribution in [2.45, 2.75) is 39.2 Å². The first-order chi connectivity index (χ1) is 14.2. The van der Waals surface area contributed by atoms with Crippen molar-refractivity contribution in [3.05, 3.63) is 41.7 Å². The highest BCUT2D eigenvalue weighted by Crippen LogP contribution is 2.14. The van der Waals surface area contributed by atoms with Gasteiger partial charge in [0.15, 0.2) is 11.7 Å². The lowest BCUT2D eigenvalue weighted by atomic mass is 10.1. The maximum absolute atomic E-state index is 5.40. The zero-order valence-electron chi connectivity index (χ0n) is 17.5. The van der Waals surface area contributed by atoms with Gasteiger partial charge in [0.1, 0.15) is 12.3 Å². The molecule has 0 bridgehead atoms. The fourth-order valence-corrected chi connectivity index (χ4v) is 3.10. The number of ether oxygens (including phenoxy) is 1. The van der Waals surface area contributed by atoms with Crippen LogP contribution in [0.4, 0.5) is 0 Å². The van der Waals surface area contributed by atoms with Crippen LogP contribution >= 0.6 is 0 Å². The minimum Gasteiger partial charge on any atom is -0.469 e. The number of nitrogens with one attached hydrogen (secondary N) is 2. The predicted molar refractivity (Wildman–Crippen MR) is 112 cm³/mol. The van der Waals surface area contributed by atoms with Crippen molar-refractivity contribution in [3.8, 4) is 0 Å². The fourth-order valence-electron chi connectivity index (χ4n) is 3.10. The topological polar surface area (TPSA) is 88.1 Å². The summed E-state index contributed by atoms with van der Waals surface area (Å²) in [6.07, 6.45) is 3.56. The van der Waals surface area contributed by atoms with E-state index in [-0.39, 0.29) is 0 Å². The number of rotatable bonds is 10. The molecule has 0 spiro atoms. The molecule has 0 saturated carbocycles. The highest BCUT2D eigenvalue weighted by Gasteiger charge is 2.10. The van der Waals surface area contributed by atoms with Crippen molar-refractivity contribution in [2.75, 3.05) is 45.9 Å². The molecular formula is C21H33N5O3. The minimum atomic E-state index is 0.348. The average Bonchev–Trinajstić information content (AvgIpc) is 3.41. The monoisotopic (exact) mass is 403 g/mol. The van der Waals surface area contributed by atoms with Gasteiger partial charge in [-0.1, -0.05) is 19.0 Å². The normalized spacial score (nSPS) is 15.8. The van der Waals surface area contributed by atoms with Crippen LogP contribution in [0.3, 0.4) is 0 Å². The van der Waals surface area contributed by atoms with Crippen molar-refractivity contribution < 1.29 is 13.7 Å². The molecule has 2 N–H and O–H groups in total. The molecule has 2 aromatic heterocycles. The Morgan fingerprint density at radius 3 is 2.76 bits per heavy atom. The molecule has 0 atom stereocenters. The zero-order valence-corrected chi connectivity index (χ0v) is 17.5. The van der Waals surface area contributed by atoms with E-state index in [9.17, 15) is 0 Å². The number of hydrogen-bond acceptors (Lipinski definition) is 6. The second-order valence-electron chi connectivity index (χ2n) is 7.53. The summed E-state index contributed by atoms with van der Waals surface area (Å²) in [5, 5.41) is 10.9. The van der Waals surface area contributed by atoms with Gasteiger partial charge in [-0.3, -0.25) is 4.90 Å². The number of guanidine groups is 1. The fraction of sp³-hybridized carbons (Fsp3) is 0.619. The summed E-state index contributed by atoms with van der Waals surface area (Å²) in [4.78, 5) is 7.11. The first-order valence-electron chi connectivity index (χ1n) is 10.5. The molecule has 8 nitrogen and oxygen atoms in total. The number of aromatic nitrogens is 1. The van der Waals surface area contributed by atoms with Crippen LogP contribution in [0.1, 0.15) is 43.4 Å². The summed E-state index contributed by atoms with van der Waals surface area (Å²) < 4.78 is 16.2. The SMILES string of the molecule is CC(C)c1cc(CN=C(NCCCN2CCOCC2)NCCc2ccco2)on1. The van der Waals surface area contributed by atoms with Crippen LogP contribution in [0.15, 0.2) is 38.4 Å². The van der Waals surface area contributed by atoms with Gasteiger partial charge in [-0.05, 0) is 31.0 Å². The molecule has 0 radical (unpaired) electrons. The van der Waals surface area contributed by atoms with Crippen LogP contribution in [-0.4, -0.2) is 62.0 Å². The van der Waals surface area contributed by atoms with Crippen LogP contribution in [0.25, 0.3) is 0 Å². The molecule has 1 fully saturated rings. The van der Waals surface area contributed by atoms with E-state index in [0.717, 1.165) is 82.0 Å². The van der Waals surface area contributed by atoms with Gasteiger partial charge in [0.2, 0.25) is 0 Å². The number of morpholine rings is 1. The molecule has 8 heteroatoms. The van der Waals surface area contributed by atoms with Crippen molar-refractivity contribution in [3.63, 3.8) is 0 Å². The van der Waals surface area contributed by atoms with Gasteiger partial charge >= 0.3 is 0 Å². The highest BCUT2D eigenvalue weighted by molar-refractivity contribution is 5.79. The van der Waals surface area contributed by atoms with E-state index in [1.165, 1.54) is 0 Å². The molecule has 0 unspecified atom stereocenters. The van der Waals surface area contributed by atoms with Crippen LogP contribution in [0.5, 0.6) is 0 Å². The summed E-state index contributed by atoms with van der Waals surface area (Å²) in [5.41, 5.74) is 0.959. The molecule has 1 aliphatic heterocycles. The standard InChI is InChI=1S/C21H33N5O3/c1-17(2)20-15-19(29-25-20)16-24-21(23-8-6-18-5-3-12-28-18)22-7-4-9-26-10-13-27-14-11-26/h3,5,12,15,17H,4,6-11,13-14,16H2,1-2H3,(H2,22,23,24). The van der Waals surface area contributed by atoms with Gasteiger partial charge < -0.3 is 24.3 Å². The number of aliphatic imine (C=N–C) groups is 1. The molecule has 3 heterocycles. The molecular weight excluding hydrogens is 370 g/mol. The molecule has 2 aromatic rings. The van der Waals surface area contributed by atoms with Crippen molar-refractivity contribution >= 4 is 5.96 Å². The molecule has 160 valence electrons. The number of furan rings is 1. The largest absolute Gasteiger partial charge is 0.469 e. The Kier molecular flexibility index (Phi) is 8.58. The highest BCUT2D eigenvalue weighted by atomic mass is 16.5. The summed E-state index contributed by atoms with van der Waals surface area (Å²) in [7, 11) is 0. The van der Waals surface area contributed by atoms with Crippen LogP contribution in [0, 0.1) is 0 Å². The molecule has 1 aliphatic rings. The van der Waals surface area contributed by atoms with Gasteiger partial charge in [-0.2, -0.15) is 0 Å². The second-order valence-corrected chi connectivity index (χ2v) is 7.53. The van der Waals surface area contributed by atoms with E-state index in [0.29, 0.717) is 12.5 Å². The van der Waals surface area contributed by atoms with E-state index >= 15 is 0 Å². The van der Waals surface area contributed by atoms with Crippen LogP contribution in [0.2, 0.25) is 0 Å². The summed E-state index contributed by atoms with van der Waals surface area (Å²) in [6, 6.07) is 5.87. The van der Waals surface area contributed by atoms with Gasteiger partial charge in [-0.25, -0.2) is 4.99 Å². The Balaban J connectivity index is 1.47. The Hall–Kier alpha value is -2.32. The summed E-state index contributed by atoms with van der Waals surface area (Å²) in [6.45, 7) is 11.0. The lowest BCUT2D eigenvalue weighted by Gasteiger charge is -2.26. The Morgan fingerprint density at radius 2 is 2.03 bits per heavy atom. The van der Waals surface area contributed by atoms with E-state index in [4.69, 9.17) is 13.7 Å². The Bertz CT molecular complexity index is 721. The first-order valence-corrected chi connectivity index (χ1v) is 10.5. The molecule has 0 amide bonds. The second kappa shape index (κ2) is 11.6. The molecule has 1 saturated heterocycles. The quantitative estimate of drug-likeness (QED) is 0.358. The van der Waals surface area contributed by atoms with Crippen molar-refractivity contribution in [1.82, 2.24) is 20.7 Å². The third kappa shape index (κ3) is 7.55. The zero-order chi connectivity index (χ0) is 20.3. The summed E-state index contributed by atoms with van der Waals surface area (Å²) in [5.74, 6) is 2.86. The molecule has 3 rings (SSSR count). The molecule has 0 aromatic carbocycles. The van der Waals surface area contributed by atoms with Crippen molar-refractivity contribution in [1.29, 1.82) is 0 Å². The average molecular weight is 404 g/mol. The van der Waals surface area contributed by atoms with Gasteiger partial charge in [-0.15, -0.1) is 0 Å². The minimum absolute atomic E-state index is 0.348. The number of nitrogens with zero attached hydrogens (tertiary/aromatic N) is 3. The van der Waals surface area contributed by atoms with Crippen LogP contribution < -0.4 is 10.6 Å². The lowest BCUT2D eigenvalue weighted by molar-refractivity contribution is 0.0376. The Morgan fingerprint density at radius 1 is 1.21 bits per heavy atom. The number of hydrogen-bond donors (Lipinski definition) is 2. The third-order valence-corrected chi connectivity index (χ3v) is 4.85. The molecule has 0 aliphatic carbocycles. The maximum Gasteiger partial charge on any atom is 0.191 e. The first kappa shape index (κ1) is 21.4. The van der Waals surface area contributed by atoms with Gasteiger partial charge in [0, 0.05) is 38.7 Å². The van der Waals surface area contributed by atoms with Gasteiger partial charge in [0.05, 0.1) is 25.2 Å². The third-order valence-electron chi connectivity index (χ3n) is 4.85. The van der Waals surface area contributed by atoms with E-state index in [1.807, 2.05) is 18.2 Å². The van der Waals surface area contributed by atoms with Gasteiger partial charge in [0.25, 0.3) is 0 Å². The Labute approximate surface area is 172 Å². The lowest BCUT2D eigenvalue weighted by Crippen LogP contribution is -2.41. The summed E-state index contributed by atoms with van der Waals surface area (Å²) >= 11 is 0.